The zero-order chi connectivity index (χ0) is 33.8. The van der Waals surface area contributed by atoms with Gasteiger partial charge in [0.25, 0.3) is 0 Å². The van der Waals surface area contributed by atoms with Gasteiger partial charge in [-0.15, -0.1) is 20.4 Å². The topological polar surface area (TPSA) is 173 Å². The Morgan fingerprint density at radius 2 is 1.15 bits per heavy atom. The molecule has 6 heterocycles. The molecule has 1 N–H and O–H groups in total. The van der Waals surface area contributed by atoms with Crippen molar-refractivity contribution in [3.05, 3.63) is 99.5 Å². The summed E-state index contributed by atoms with van der Waals surface area (Å²) < 4.78 is 4.81. The molecule has 18 heteroatoms. The number of hydrogen-bond acceptors (Lipinski definition) is 11. The average Bonchev–Trinajstić information content (AvgIpc) is 3.73. The molecule has 0 aliphatic rings. The number of nitrogens with zero attached hydrogens (tertiary/aromatic N) is 12. The number of aromatic amines is 1. The molecule has 0 fully saturated rings. The van der Waals surface area contributed by atoms with Crippen molar-refractivity contribution in [3.63, 3.8) is 0 Å². The van der Waals surface area contributed by atoms with Crippen molar-refractivity contribution in [1.82, 2.24) is 60.8 Å². The van der Waals surface area contributed by atoms with Crippen molar-refractivity contribution in [2.75, 3.05) is 0 Å². The van der Waals surface area contributed by atoms with E-state index in [2.05, 4.69) is 136 Å². The molecular formula is C28H24Br5N13. The molecule has 0 saturated heterocycles. The van der Waals surface area contributed by atoms with Crippen molar-refractivity contribution >= 4 is 79.6 Å². The number of halogens is 5. The molecular weight excluding hydrogens is 918 g/mol. The highest BCUT2D eigenvalue weighted by Gasteiger charge is 2.07. The minimum absolute atomic E-state index is 0.459. The Labute approximate surface area is 306 Å². The highest BCUT2D eigenvalue weighted by Crippen LogP contribution is 2.20. The van der Waals surface area contributed by atoms with Crippen LogP contribution in [0.1, 0.15) is 27.9 Å². The van der Waals surface area contributed by atoms with E-state index in [1.54, 1.807) is 37.9 Å². The predicted octanol–water partition coefficient (Wildman–Crippen LogP) is 7.61. The molecule has 0 amide bonds. The van der Waals surface area contributed by atoms with E-state index < -0.39 is 0 Å². The molecule has 0 aromatic carbocycles. The van der Waals surface area contributed by atoms with Gasteiger partial charge in [0, 0.05) is 42.7 Å². The maximum atomic E-state index is 8.43. The Balaban J connectivity index is 0.000000170. The summed E-state index contributed by atoms with van der Waals surface area (Å²) >= 11 is 16.6. The minimum atomic E-state index is 0.459. The molecule has 0 saturated carbocycles. The number of rotatable bonds is 2. The van der Waals surface area contributed by atoms with Crippen LogP contribution in [0.15, 0.2) is 71.5 Å². The van der Waals surface area contributed by atoms with Gasteiger partial charge in [0.15, 0.2) is 0 Å². The average molecular weight is 942 g/mol. The van der Waals surface area contributed by atoms with Crippen molar-refractivity contribution in [3.8, 4) is 29.1 Å². The summed E-state index contributed by atoms with van der Waals surface area (Å²) in [6.45, 7) is 7.92. The number of aryl methyl sites for hydroxylation is 5. The fourth-order valence-electron chi connectivity index (χ4n) is 3.09. The number of hydrogen-bond donors (Lipinski definition) is 1. The van der Waals surface area contributed by atoms with Gasteiger partial charge in [-0.1, -0.05) is 0 Å². The summed E-state index contributed by atoms with van der Waals surface area (Å²) in [5.41, 5.74) is 6.33. The summed E-state index contributed by atoms with van der Waals surface area (Å²) in [6, 6.07) is 9.48. The number of nitriles is 1. The van der Waals surface area contributed by atoms with E-state index in [9.17, 15) is 0 Å². The summed E-state index contributed by atoms with van der Waals surface area (Å²) in [5.74, 6) is 1.05. The monoisotopic (exact) mass is 937 g/mol. The first-order chi connectivity index (χ1) is 21.9. The van der Waals surface area contributed by atoms with Crippen LogP contribution in [0.3, 0.4) is 0 Å². The molecule has 13 nitrogen and oxygen atoms in total. The third kappa shape index (κ3) is 11.5. The number of H-pyrrole nitrogens is 1. The lowest BCUT2D eigenvalue weighted by molar-refractivity contribution is 0.630. The first-order valence-electron chi connectivity index (χ1n) is 12.9. The van der Waals surface area contributed by atoms with E-state index in [-0.39, 0.29) is 0 Å². The first kappa shape index (κ1) is 37.1. The number of aromatic nitrogens is 12. The Kier molecular flexibility index (Phi) is 14.6. The fraction of sp³-hybridized carbons (Fsp3) is 0.179. The van der Waals surface area contributed by atoms with Crippen LogP contribution >= 0.6 is 79.6 Å². The van der Waals surface area contributed by atoms with E-state index in [1.165, 1.54) is 10.4 Å². The Morgan fingerprint density at radius 1 is 0.652 bits per heavy atom. The first-order valence-corrected chi connectivity index (χ1v) is 16.9. The zero-order valence-corrected chi connectivity index (χ0v) is 32.8. The molecule has 6 aromatic rings. The molecule has 46 heavy (non-hydrogen) atoms. The van der Waals surface area contributed by atoms with Gasteiger partial charge in [-0.2, -0.15) is 15.3 Å². The highest BCUT2D eigenvalue weighted by atomic mass is 79.9. The third-order valence-electron chi connectivity index (χ3n) is 5.58. The molecule has 0 spiro atoms. The highest BCUT2D eigenvalue weighted by molar-refractivity contribution is 9.11. The standard InChI is InChI=1S/C8H8BrN5.C7H6BrN5.C7H5BrN2.C6H5Br2N/c1-5-3-7(10-4-6(5)9)8-11-13-14(2)12-8;1-4-2-6(9-3-5(4)8)7-10-12-13-11-7;1-5-2-6(3-9)10-4-7(5)8;1-4-2-6(8)9-3-5(4)7/h3-4H,1-2H3;2-3H,1H3,(H,10,11,12,13);2,4H,1H3;2-3H,1H3. The van der Waals surface area contributed by atoms with Crippen LogP contribution in [-0.4, -0.2) is 60.8 Å². The maximum Gasteiger partial charge on any atom is 0.223 e. The van der Waals surface area contributed by atoms with Crippen LogP contribution in [0, 0.1) is 39.0 Å². The van der Waals surface area contributed by atoms with Crippen LogP contribution in [0.4, 0.5) is 0 Å². The molecule has 0 unspecified atom stereocenters. The molecule has 6 rings (SSSR count). The van der Waals surface area contributed by atoms with Gasteiger partial charge in [0.1, 0.15) is 27.8 Å². The molecule has 0 radical (unpaired) electrons. The molecule has 0 aliphatic carbocycles. The lowest BCUT2D eigenvalue weighted by atomic mass is 10.2. The second kappa shape index (κ2) is 18.1. The van der Waals surface area contributed by atoms with Crippen molar-refractivity contribution in [2.24, 2.45) is 7.05 Å². The van der Waals surface area contributed by atoms with Gasteiger partial charge >= 0.3 is 0 Å². The van der Waals surface area contributed by atoms with Gasteiger partial charge in [-0.05, 0) is 164 Å². The third-order valence-corrected chi connectivity index (χ3v) is 9.34. The van der Waals surface area contributed by atoms with Gasteiger partial charge in [0.2, 0.25) is 11.6 Å². The van der Waals surface area contributed by atoms with E-state index in [4.69, 9.17) is 5.26 Å². The van der Waals surface area contributed by atoms with Crippen LogP contribution < -0.4 is 0 Å². The Morgan fingerprint density at radius 3 is 1.57 bits per heavy atom. The number of pyridine rings is 4. The second-order valence-electron chi connectivity index (χ2n) is 9.16. The van der Waals surface area contributed by atoms with Crippen LogP contribution in [-0.2, 0) is 7.05 Å². The quantitative estimate of drug-likeness (QED) is 0.169. The minimum Gasteiger partial charge on any atom is -0.252 e. The lowest BCUT2D eigenvalue weighted by Gasteiger charge is -1.98. The fourth-order valence-corrected chi connectivity index (χ4v) is 4.40. The smallest absolute Gasteiger partial charge is 0.223 e. The Hall–Kier alpha value is -3.37. The SMILES string of the molecule is Cc1cc(-c2nn[nH]n2)ncc1Br.Cc1cc(-c2nnn(C)n2)ncc1Br.Cc1cc(Br)ncc1Br.Cc1cc(C#N)ncc1Br. The maximum absolute atomic E-state index is 8.43. The van der Waals surface area contributed by atoms with Gasteiger partial charge < -0.3 is 0 Å². The van der Waals surface area contributed by atoms with Gasteiger partial charge in [0.05, 0.1) is 7.05 Å². The molecule has 0 atom stereocenters. The van der Waals surface area contributed by atoms with E-state index in [1.807, 2.05) is 52.0 Å². The molecule has 236 valence electrons. The summed E-state index contributed by atoms with van der Waals surface area (Å²) in [7, 11) is 1.72. The number of tetrazole rings is 2. The second-order valence-corrected chi connectivity index (χ2v) is 13.4. The Bertz CT molecular complexity index is 1940. The van der Waals surface area contributed by atoms with Crippen LogP contribution in [0.25, 0.3) is 23.0 Å². The van der Waals surface area contributed by atoms with Gasteiger partial charge in [-0.3, -0.25) is 9.97 Å². The summed E-state index contributed by atoms with van der Waals surface area (Å²) in [5, 5.41) is 33.6. The van der Waals surface area contributed by atoms with Crippen molar-refractivity contribution in [2.45, 2.75) is 27.7 Å². The zero-order valence-electron chi connectivity index (χ0n) is 24.9. The van der Waals surface area contributed by atoms with E-state index in [0.717, 1.165) is 50.6 Å². The summed E-state index contributed by atoms with van der Waals surface area (Å²) in [4.78, 5) is 17.6. The number of nitrogens with one attached hydrogen (secondary N) is 1. The van der Waals surface area contributed by atoms with Crippen molar-refractivity contribution in [1.29, 1.82) is 5.26 Å². The summed E-state index contributed by atoms with van der Waals surface area (Å²) in [6.07, 6.45) is 6.87. The van der Waals surface area contributed by atoms with Gasteiger partial charge in [-0.25, -0.2) is 9.97 Å². The predicted molar refractivity (Wildman–Crippen MR) is 190 cm³/mol. The van der Waals surface area contributed by atoms with Crippen molar-refractivity contribution < 1.29 is 0 Å². The molecule has 6 aromatic heterocycles. The van der Waals surface area contributed by atoms with E-state index >= 15 is 0 Å². The normalized spacial score (nSPS) is 9.93. The largest absolute Gasteiger partial charge is 0.252 e. The van der Waals surface area contributed by atoms with Crippen LogP contribution in [0.5, 0.6) is 0 Å². The van der Waals surface area contributed by atoms with E-state index in [0.29, 0.717) is 17.3 Å². The molecule has 0 aliphatic heterocycles. The van der Waals surface area contributed by atoms with Crippen LogP contribution in [0.2, 0.25) is 0 Å². The molecule has 0 bridgehead atoms. The lowest BCUT2D eigenvalue weighted by Crippen LogP contribution is -1.92.